The van der Waals surface area contributed by atoms with E-state index in [2.05, 4.69) is 27.3 Å². The van der Waals surface area contributed by atoms with Crippen molar-refractivity contribution in [1.82, 2.24) is 20.2 Å². The summed E-state index contributed by atoms with van der Waals surface area (Å²) in [5.74, 6) is 0.872. The van der Waals surface area contributed by atoms with Gasteiger partial charge in [-0.2, -0.15) is 0 Å². The summed E-state index contributed by atoms with van der Waals surface area (Å²) in [6.07, 6.45) is 3.85. The summed E-state index contributed by atoms with van der Waals surface area (Å²) in [6, 6.07) is 14.2. The highest BCUT2D eigenvalue weighted by Crippen LogP contribution is 2.51. The molecule has 3 aromatic rings. The number of aromatic amines is 1. The number of amides is 2. The van der Waals surface area contributed by atoms with Gasteiger partial charge in [0.2, 0.25) is 0 Å². The molecule has 2 aliphatic carbocycles. The van der Waals surface area contributed by atoms with Crippen LogP contribution in [0.15, 0.2) is 42.5 Å². The van der Waals surface area contributed by atoms with Gasteiger partial charge in [0.25, 0.3) is 0 Å². The van der Waals surface area contributed by atoms with Gasteiger partial charge >= 0.3 is 6.03 Å². The van der Waals surface area contributed by atoms with E-state index >= 15 is 0 Å². The van der Waals surface area contributed by atoms with Crippen LogP contribution in [0.5, 0.6) is 0 Å². The predicted octanol–water partition coefficient (Wildman–Crippen LogP) is 2.94. The number of benzene rings is 2. The van der Waals surface area contributed by atoms with Crippen LogP contribution >= 0.6 is 0 Å². The van der Waals surface area contributed by atoms with Crippen molar-refractivity contribution in [3.63, 3.8) is 0 Å². The van der Waals surface area contributed by atoms with Crippen LogP contribution < -0.4 is 11.1 Å². The van der Waals surface area contributed by atoms with Crippen molar-refractivity contribution in [1.29, 1.82) is 0 Å². The number of imidazole rings is 1. The highest BCUT2D eigenvalue weighted by Gasteiger charge is 2.56. The summed E-state index contributed by atoms with van der Waals surface area (Å²) < 4.78 is 0. The number of nitrogens with one attached hydrogen (secondary N) is 2. The number of anilines is 1. The number of nitrogens with two attached hydrogens (primary N) is 1. The molecular formula is C22H23N5O. The first kappa shape index (κ1) is 16.0. The van der Waals surface area contributed by atoms with E-state index in [0.717, 1.165) is 48.5 Å². The van der Waals surface area contributed by atoms with E-state index in [1.54, 1.807) is 0 Å². The van der Waals surface area contributed by atoms with Gasteiger partial charge in [0.1, 0.15) is 11.4 Å². The Morgan fingerprint density at radius 2 is 1.89 bits per heavy atom. The maximum atomic E-state index is 13.1. The number of nitrogen functional groups attached to an aromatic ring is 1. The molecule has 1 spiro atoms. The first-order valence-electron chi connectivity index (χ1n) is 9.95. The van der Waals surface area contributed by atoms with Crippen molar-refractivity contribution < 1.29 is 4.79 Å². The van der Waals surface area contributed by atoms with Crippen molar-refractivity contribution >= 4 is 22.8 Å². The second-order valence-electron chi connectivity index (χ2n) is 8.76. The number of carbonyl (C=O) groups excluding carboxylic acids is 1. The summed E-state index contributed by atoms with van der Waals surface area (Å²) in [4.78, 5) is 23.6. The zero-order valence-electron chi connectivity index (χ0n) is 15.7. The zero-order chi connectivity index (χ0) is 18.9. The maximum Gasteiger partial charge on any atom is 0.318 e. The summed E-state index contributed by atoms with van der Waals surface area (Å²) in [6.45, 7) is 1.58. The predicted molar refractivity (Wildman–Crippen MR) is 108 cm³/mol. The van der Waals surface area contributed by atoms with Gasteiger partial charge in [0.15, 0.2) is 0 Å². The second-order valence-corrected chi connectivity index (χ2v) is 8.76. The summed E-state index contributed by atoms with van der Waals surface area (Å²) in [5, 5.41) is 3.15. The number of aromatic nitrogens is 2. The molecule has 3 aliphatic rings. The zero-order valence-corrected chi connectivity index (χ0v) is 15.7. The number of rotatable bonds is 2. The lowest BCUT2D eigenvalue weighted by Crippen LogP contribution is -2.61. The molecule has 2 amide bonds. The van der Waals surface area contributed by atoms with Crippen molar-refractivity contribution in [2.75, 3.05) is 18.8 Å². The minimum atomic E-state index is -0.505. The van der Waals surface area contributed by atoms with Crippen LogP contribution in [0.2, 0.25) is 0 Å². The smallest absolute Gasteiger partial charge is 0.318 e. The van der Waals surface area contributed by atoms with Crippen LogP contribution in [0, 0.1) is 5.41 Å². The van der Waals surface area contributed by atoms with Gasteiger partial charge in [0.05, 0.1) is 11.0 Å². The number of para-hydroxylation sites is 2. The van der Waals surface area contributed by atoms with Gasteiger partial charge in [-0.25, -0.2) is 9.78 Å². The first-order valence-corrected chi connectivity index (χ1v) is 9.95. The fraction of sp³-hybridized carbons (Fsp3) is 0.364. The summed E-state index contributed by atoms with van der Waals surface area (Å²) in [7, 11) is 0. The molecule has 1 aromatic heterocycles. The molecule has 1 saturated carbocycles. The molecule has 1 atom stereocenters. The average Bonchev–Trinajstić information content (AvgIpc) is 3.14. The van der Waals surface area contributed by atoms with E-state index in [1.807, 2.05) is 30.3 Å². The molecule has 6 nitrogen and oxygen atoms in total. The van der Waals surface area contributed by atoms with Crippen LogP contribution in [0.3, 0.4) is 0 Å². The molecular weight excluding hydrogens is 350 g/mol. The number of H-pyrrole nitrogens is 1. The topological polar surface area (TPSA) is 87.0 Å². The van der Waals surface area contributed by atoms with Crippen LogP contribution in [-0.2, 0) is 18.4 Å². The van der Waals surface area contributed by atoms with E-state index in [0.29, 0.717) is 0 Å². The van der Waals surface area contributed by atoms with Crippen LogP contribution in [0.4, 0.5) is 10.5 Å². The lowest BCUT2D eigenvalue weighted by molar-refractivity contribution is 0.0727. The van der Waals surface area contributed by atoms with Crippen molar-refractivity contribution in [2.24, 2.45) is 5.41 Å². The lowest BCUT2D eigenvalue weighted by atomic mass is 9.89. The maximum absolute atomic E-state index is 13.1. The van der Waals surface area contributed by atoms with E-state index in [-0.39, 0.29) is 11.4 Å². The minimum Gasteiger partial charge on any atom is -0.399 e. The summed E-state index contributed by atoms with van der Waals surface area (Å²) in [5.41, 5.74) is 11.0. The van der Waals surface area contributed by atoms with E-state index in [1.165, 1.54) is 24.0 Å². The highest BCUT2D eigenvalue weighted by molar-refractivity contribution is 5.78. The molecule has 1 unspecified atom stereocenters. The summed E-state index contributed by atoms with van der Waals surface area (Å²) >= 11 is 0. The Bertz CT molecular complexity index is 1080. The van der Waals surface area contributed by atoms with Gasteiger partial charge < -0.3 is 20.9 Å². The third-order valence-corrected chi connectivity index (χ3v) is 6.85. The van der Waals surface area contributed by atoms with Crippen LogP contribution in [0.25, 0.3) is 11.0 Å². The third-order valence-electron chi connectivity index (χ3n) is 6.85. The van der Waals surface area contributed by atoms with E-state index in [9.17, 15) is 4.79 Å². The molecule has 2 heterocycles. The lowest BCUT2D eigenvalue weighted by Gasteiger charge is -2.45. The average molecular weight is 373 g/mol. The Kier molecular flexibility index (Phi) is 3.01. The van der Waals surface area contributed by atoms with E-state index in [4.69, 9.17) is 10.7 Å². The Morgan fingerprint density at radius 3 is 2.71 bits per heavy atom. The van der Waals surface area contributed by atoms with Crippen LogP contribution in [0.1, 0.15) is 29.8 Å². The fourth-order valence-corrected chi connectivity index (χ4v) is 5.01. The molecule has 142 valence electrons. The number of carbonyl (C=O) groups is 1. The molecule has 6 heteroatoms. The van der Waals surface area contributed by atoms with Crippen molar-refractivity contribution in [3.8, 4) is 0 Å². The SMILES string of the molecule is Nc1ccc2c(c1)CC(c1nc3ccccc3[nH]1)(N1CC3(CC3)CNC1=O)C2. The normalized spacial score (nSPS) is 25.1. The Morgan fingerprint density at radius 1 is 1.07 bits per heavy atom. The number of urea groups is 1. The fourth-order valence-electron chi connectivity index (χ4n) is 5.01. The van der Waals surface area contributed by atoms with Crippen molar-refractivity contribution in [2.45, 2.75) is 31.2 Å². The molecule has 0 bridgehead atoms. The van der Waals surface area contributed by atoms with Gasteiger partial charge in [-0.3, -0.25) is 0 Å². The van der Waals surface area contributed by atoms with Gasteiger partial charge in [-0.15, -0.1) is 0 Å². The van der Waals surface area contributed by atoms with Gasteiger partial charge in [-0.1, -0.05) is 18.2 Å². The highest BCUT2D eigenvalue weighted by atomic mass is 16.2. The Hall–Kier alpha value is -3.02. The van der Waals surface area contributed by atoms with Crippen LogP contribution in [-0.4, -0.2) is 34.0 Å². The van der Waals surface area contributed by atoms with Gasteiger partial charge in [0, 0.05) is 37.0 Å². The number of hydrogen-bond acceptors (Lipinski definition) is 3. The molecule has 1 saturated heterocycles. The Balaban J connectivity index is 1.52. The number of hydrogen-bond donors (Lipinski definition) is 3. The third kappa shape index (κ3) is 2.20. The molecule has 4 N–H and O–H groups in total. The van der Waals surface area contributed by atoms with Crippen molar-refractivity contribution in [3.05, 3.63) is 59.4 Å². The second kappa shape index (κ2) is 5.28. The minimum absolute atomic E-state index is 0.0127. The molecule has 28 heavy (non-hydrogen) atoms. The van der Waals surface area contributed by atoms with E-state index < -0.39 is 5.54 Å². The molecule has 2 fully saturated rings. The molecule has 6 rings (SSSR count). The monoisotopic (exact) mass is 373 g/mol. The number of nitrogens with zero attached hydrogens (tertiary/aromatic N) is 2. The molecule has 0 radical (unpaired) electrons. The quantitative estimate of drug-likeness (QED) is 0.604. The van der Waals surface area contributed by atoms with Gasteiger partial charge in [-0.05, 0) is 48.2 Å². The standard InChI is InChI=1S/C22H23N5O/c23-16-6-5-14-10-22(11-15(14)9-16,19-25-17-3-1-2-4-18(17)26-19)27-13-21(7-8-21)12-24-20(27)28/h1-6,9H,7-8,10-13,23H2,(H,24,28)(H,25,26). The number of fused-ring (bicyclic) bond motifs is 2. The Labute approximate surface area is 163 Å². The molecule has 1 aliphatic heterocycles. The first-order chi connectivity index (χ1) is 13.6. The molecule has 2 aromatic carbocycles. The largest absolute Gasteiger partial charge is 0.399 e.